The van der Waals surface area contributed by atoms with Crippen molar-refractivity contribution in [3.05, 3.63) is 29.3 Å². The Morgan fingerprint density at radius 2 is 1.92 bits per heavy atom. The molecule has 0 saturated carbocycles. The second-order valence-electron chi connectivity index (χ2n) is 2.65. The second kappa shape index (κ2) is 3.90. The van der Waals surface area contributed by atoms with Gasteiger partial charge in [-0.05, 0) is 25.5 Å². The van der Waals surface area contributed by atoms with Crippen LogP contribution in [0.4, 0.5) is 8.78 Å². The highest BCUT2D eigenvalue weighted by Gasteiger charge is 2.06. The molecule has 12 heavy (non-hydrogen) atoms. The number of hydrogen-bond donors (Lipinski definition) is 0. The average molecular weight is 188 g/mol. The van der Waals surface area contributed by atoms with Gasteiger partial charge in [-0.25, -0.2) is 0 Å². The van der Waals surface area contributed by atoms with Crippen LogP contribution >= 0.6 is 11.8 Å². The van der Waals surface area contributed by atoms with Gasteiger partial charge in [0.1, 0.15) is 0 Å². The predicted molar refractivity (Wildman–Crippen MR) is 47.8 cm³/mol. The maximum atomic E-state index is 12.0. The Morgan fingerprint density at radius 3 is 2.42 bits per heavy atom. The van der Waals surface area contributed by atoms with E-state index in [0.29, 0.717) is 16.7 Å². The highest BCUT2D eigenvalue weighted by atomic mass is 32.2. The number of alkyl halides is 2. The lowest BCUT2D eigenvalue weighted by atomic mass is 10.2. The van der Waals surface area contributed by atoms with E-state index in [2.05, 4.69) is 0 Å². The first-order valence-corrected chi connectivity index (χ1v) is 4.49. The third kappa shape index (κ3) is 2.48. The molecule has 0 aliphatic heterocycles. The number of benzene rings is 1. The van der Waals surface area contributed by atoms with Crippen LogP contribution in [0.25, 0.3) is 0 Å². The SMILES string of the molecule is Cc1ccc(SC(F)F)c(C)c1. The lowest BCUT2D eigenvalue weighted by Gasteiger charge is -2.04. The van der Waals surface area contributed by atoms with Crippen molar-refractivity contribution in [2.45, 2.75) is 24.5 Å². The monoisotopic (exact) mass is 188 g/mol. The van der Waals surface area contributed by atoms with Gasteiger partial charge in [0.2, 0.25) is 0 Å². The zero-order chi connectivity index (χ0) is 9.14. The molecule has 66 valence electrons. The van der Waals surface area contributed by atoms with Crippen molar-refractivity contribution in [3.63, 3.8) is 0 Å². The van der Waals surface area contributed by atoms with Gasteiger partial charge in [0.05, 0.1) is 0 Å². The van der Waals surface area contributed by atoms with Gasteiger partial charge in [-0.1, -0.05) is 29.5 Å². The van der Waals surface area contributed by atoms with E-state index in [-0.39, 0.29) is 0 Å². The molecule has 0 unspecified atom stereocenters. The standard InChI is InChI=1S/C9H10F2S/c1-6-3-4-8(7(2)5-6)12-9(10)11/h3-5,9H,1-2H3. The molecule has 0 spiro atoms. The number of hydrogen-bond acceptors (Lipinski definition) is 1. The van der Waals surface area contributed by atoms with Crippen molar-refractivity contribution in [3.8, 4) is 0 Å². The minimum atomic E-state index is -2.33. The Hall–Kier alpha value is -0.570. The van der Waals surface area contributed by atoms with Crippen LogP contribution in [0, 0.1) is 13.8 Å². The molecule has 0 amide bonds. The smallest absolute Gasteiger partial charge is 0.198 e. The number of rotatable bonds is 2. The van der Waals surface area contributed by atoms with Crippen molar-refractivity contribution in [2.75, 3.05) is 0 Å². The summed E-state index contributed by atoms with van der Waals surface area (Å²) in [6.45, 7) is 3.79. The summed E-state index contributed by atoms with van der Waals surface area (Å²) in [6.07, 6.45) is 0. The molecule has 0 nitrogen and oxygen atoms in total. The zero-order valence-electron chi connectivity index (χ0n) is 6.97. The summed E-state index contributed by atoms with van der Waals surface area (Å²) in [4.78, 5) is 0.663. The fourth-order valence-electron chi connectivity index (χ4n) is 1.03. The first-order chi connectivity index (χ1) is 5.59. The van der Waals surface area contributed by atoms with E-state index >= 15 is 0 Å². The van der Waals surface area contributed by atoms with Crippen LogP contribution in [0.15, 0.2) is 23.1 Å². The maximum absolute atomic E-state index is 12.0. The Balaban J connectivity index is 2.86. The molecular formula is C9H10F2S. The summed E-state index contributed by atoms with van der Waals surface area (Å²) in [7, 11) is 0. The van der Waals surface area contributed by atoms with Crippen LogP contribution in [0.2, 0.25) is 0 Å². The highest BCUT2D eigenvalue weighted by molar-refractivity contribution is 7.99. The summed E-state index contributed by atoms with van der Waals surface area (Å²) >= 11 is 0.600. The van der Waals surface area contributed by atoms with E-state index < -0.39 is 5.76 Å². The third-order valence-electron chi connectivity index (χ3n) is 1.55. The lowest BCUT2D eigenvalue weighted by molar-refractivity contribution is 0.252. The summed E-state index contributed by atoms with van der Waals surface area (Å²) in [6, 6.07) is 5.49. The zero-order valence-corrected chi connectivity index (χ0v) is 7.79. The van der Waals surface area contributed by atoms with E-state index in [1.807, 2.05) is 26.0 Å². The molecule has 0 fully saturated rings. The molecule has 0 aliphatic carbocycles. The van der Waals surface area contributed by atoms with E-state index in [1.54, 1.807) is 6.07 Å². The molecule has 0 aromatic heterocycles. The van der Waals surface area contributed by atoms with Crippen LogP contribution in [0.1, 0.15) is 11.1 Å². The van der Waals surface area contributed by atoms with Crippen LogP contribution in [-0.2, 0) is 0 Å². The summed E-state index contributed by atoms with van der Waals surface area (Å²) < 4.78 is 23.9. The van der Waals surface area contributed by atoms with Gasteiger partial charge in [0.15, 0.2) is 0 Å². The predicted octanol–water partition coefficient (Wildman–Crippen LogP) is 3.62. The van der Waals surface area contributed by atoms with Crippen molar-refractivity contribution in [2.24, 2.45) is 0 Å². The quantitative estimate of drug-likeness (QED) is 0.639. The van der Waals surface area contributed by atoms with E-state index in [4.69, 9.17) is 0 Å². The van der Waals surface area contributed by atoms with Gasteiger partial charge < -0.3 is 0 Å². The first kappa shape index (κ1) is 9.52. The molecular weight excluding hydrogens is 178 g/mol. The van der Waals surface area contributed by atoms with Crippen LogP contribution < -0.4 is 0 Å². The topological polar surface area (TPSA) is 0 Å². The van der Waals surface area contributed by atoms with Gasteiger partial charge in [0, 0.05) is 4.90 Å². The molecule has 0 radical (unpaired) electrons. The molecule has 3 heteroatoms. The molecule has 0 atom stereocenters. The second-order valence-corrected chi connectivity index (χ2v) is 3.68. The normalized spacial score (nSPS) is 10.8. The molecule has 0 saturated heterocycles. The van der Waals surface area contributed by atoms with E-state index in [1.165, 1.54) is 0 Å². The molecule has 1 aromatic carbocycles. The van der Waals surface area contributed by atoms with Crippen LogP contribution in [-0.4, -0.2) is 5.76 Å². The Kier molecular flexibility index (Phi) is 3.09. The van der Waals surface area contributed by atoms with E-state index in [9.17, 15) is 8.78 Å². The minimum Gasteiger partial charge on any atom is -0.198 e. The lowest BCUT2D eigenvalue weighted by Crippen LogP contribution is -1.85. The summed E-state index contributed by atoms with van der Waals surface area (Å²) in [5, 5.41) is 0. The molecule has 1 rings (SSSR count). The van der Waals surface area contributed by atoms with Crippen molar-refractivity contribution >= 4 is 11.8 Å². The average Bonchev–Trinajstić information content (AvgIpc) is 1.94. The summed E-state index contributed by atoms with van der Waals surface area (Å²) in [5.41, 5.74) is 2.02. The van der Waals surface area contributed by atoms with Gasteiger partial charge in [0.25, 0.3) is 5.76 Å². The van der Waals surface area contributed by atoms with E-state index in [0.717, 1.165) is 11.1 Å². The molecule has 0 aliphatic rings. The largest absolute Gasteiger partial charge is 0.288 e. The molecule has 0 heterocycles. The first-order valence-electron chi connectivity index (χ1n) is 3.61. The maximum Gasteiger partial charge on any atom is 0.288 e. The Morgan fingerprint density at radius 1 is 1.25 bits per heavy atom. The van der Waals surface area contributed by atoms with Crippen LogP contribution in [0.5, 0.6) is 0 Å². The Bertz CT molecular complexity index is 271. The van der Waals surface area contributed by atoms with Crippen molar-refractivity contribution in [1.82, 2.24) is 0 Å². The number of aryl methyl sites for hydroxylation is 2. The van der Waals surface area contributed by atoms with Crippen molar-refractivity contribution < 1.29 is 8.78 Å². The molecule has 0 bridgehead atoms. The summed E-state index contributed by atoms with van der Waals surface area (Å²) in [5.74, 6) is -2.33. The van der Waals surface area contributed by atoms with Gasteiger partial charge in [-0.3, -0.25) is 0 Å². The molecule has 0 N–H and O–H groups in total. The Labute approximate surface area is 75.0 Å². The van der Waals surface area contributed by atoms with Gasteiger partial charge in [-0.15, -0.1) is 0 Å². The minimum absolute atomic E-state index is 0.600. The fraction of sp³-hybridized carbons (Fsp3) is 0.333. The fourth-order valence-corrected chi connectivity index (χ4v) is 1.61. The van der Waals surface area contributed by atoms with Gasteiger partial charge >= 0.3 is 0 Å². The third-order valence-corrected chi connectivity index (χ3v) is 2.44. The highest BCUT2D eigenvalue weighted by Crippen LogP contribution is 2.28. The van der Waals surface area contributed by atoms with Crippen LogP contribution in [0.3, 0.4) is 0 Å². The van der Waals surface area contributed by atoms with Crippen molar-refractivity contribution in [1.29, 1.82) is 0 Å². The number of halogens is 2. The molecule has 1 aromatic rings. The number of thioether (sulfide) groups is 1. The van der Waals surface area contributed by atoms with Gasteiger partial charge in [-0.2, -0.15) is 8.78 Å².